The van der Waals surface area contributed by atoms with Crippen LogP contribution in [0.15, 0.2) is 41.3 Å². The second kappa shape index (κ2) is 6.02. The van der Waals surface area contributed by atoms with Crippen LogP contribution in [0.2, 0.25) is 0 Å². The van der Waals surface area contributed by atoms with Gasteiger partial charge in [-0.15, -0.1) is 0 Å². The van der Waals surface area contributed by atoms with E-state index in [4.69, 9.17) is 0 Å². The summed E-state index contributed by atoms with van der Waals surface area (Å²) < 4.78 is 2.95. The molecule has 0 saturated carbocycles. The summed E-state index contributed by atoms with van der Waals surface area (Å²) in [5, 5.41) is 0. The molecule has 5 heteroatoms. The molecule has 0 bridgehead atoms. The Bertz CT molecular complexity index is 638. The molecule has 1 aliphatic rings. The van der Waals surface area contributed by atoms with Crippen molar-refractivity contribution < 1.29 is 4.79 Å². The van der Waals surface area contributed by atoms with Gasteiger partial charge < -0.3 is 9.47 Å². The fraction of sp³-hybridized carbons (Fsp3) is 0.375. The van der Waals surface area contributed by atoms with Gasteiger partial charge >= 0.3 is 0 Å². The second-order valence-electron chi connectivity index (χ2n) is 5.27. The monoisotopic (exact) mass is 347 g/mol. The highest BCUT2D eigenvalue weighted by atomic mass is 79.9. The lowest BCUT2D eigenvalue weighted by atomic mass is 10.1. The van der Waals surface area contributed by atoms with E-state index in [2.05, 4.69) is 20.9 Å². The number of carbonyl (C=O) groups excluding carboxylic acids is 1. The largest absolute Gasteiger partial charge is 0.343 e. The van der Waals surface area contributed by atoms with Crippen molar-refractivity contribution in [1.29, 1.82) is 0 Å². The molecule has 110 valence electrons. The Hall–Kier alpha value is -1.62. The summed E-state index contributed by atoms with van der Waals surface area (Å²) in [6, 6.07) is 6.09. The van der Waals surface area contributed by atoms with Crippen molar-refractivity contribution >= 4 is 21.8 Å². The Morgan fingerprint density at radius 3 is 2.90 bits per heavy atom. The predicted octanol–water partition coefficient (Wildman–Crippen LogP) is 3.64. The van der Waals surface area contributed by atoms with E-state index in [1.54, 1.807) is 12.4 Å². The van der Waals surface area contributed by atoms with E-state index in [9.17, 15) is 4.79 Å². The third-order valence-corrected chi connectivity index (χ3v) is 4.46. The Labute approximate surface area is 132 Å². The van der Waals surface area contributed by atoms with Gasteiger partial charge in [-0.25, -0.2) is 0 Å². The third-order valence-electron chi connectivity index (χ3n) is 4.03. The maximum atomic E-state index is 12.9. The smallest absolute Gasteiger partial charge is 0.271 e. The molecule has 4 nitrogen and oxygen atoms in total. The lowest BCUT2D eigenvalue weighted by Crippen LogP contribution is -2.32. The van der Waals surface area contributed by atoms with Gasteiger partial charge in [-0.1, -0.05) is 0 Å². The first kappa shape index (κ1) is 14.3. The van der Waals surface area contributed by atoms with Crippen molar-refractivity contribution in [3.63, 3.8) is 0 Å². The number of likely N-dealkylation sites (tertiary alicyclic amines) is 1. The molecule has 0 N–H and O–H groups in total. The van der Waals surface area contributed by atoms with Gasteiger partial charge in [0.15, 0.2) is 0 Å². The minimum atomic E-state index is 0.113. The van der Waals surface area contributed by atoms with E-state index in [1.807, 2.05) is 40.8 Å². The van der Waals surface area contributed by atoms with Gasteiger partial charge in [0.1, 0.15) is 5.69 Å². The van der Waals surface area contributed by atoms with Crippen LogP contribution in [0.4, 0.5) is 0 Å². The van der Waals surface area contributed by atoms with E-state index in [0.29, 0.717) is 0 Å². The minimum Gasteiger partial charge on any atom is -0.343 e. The van der Waals surface area contributed by atoms with Crippen LogP contribution in [-0.2, 0) is 6.54 Å². The van der Waals surface area contributed by atoms with Gasteiger partial charge in [0.2, 0.25) is 0 Å². The van der Waals surface area contributed by atoms with Crippen LogP contribution in [0, 0.1) is 0 Å². The lowest BCUT2D eigenvalue weighted by molar-refractivity contribution is 0.0724. The number of aromatic nitrogens is 2. The SMILES string of the molecule is CCn1cc(Br)cc1C(=O)N1CCCC1c1ccncc1. The molecule has 2 aromatic heterocycles. The molecule has 3 rings (SSSR count). The maximum absolute atomic E-state index is 12.9. The molecule has 3 heterocycles. The van der Waals surface area contributed by atoms with Crippen LogP contribution in [0.5, 0.6) is 0 Å². The molecule has 2 aromatic rings. The first-order valence-corrected chi connectivity index (χ1v) is 8.06. The molecule has 1 saturated heterocycles. The number of aryl methyl sites for hydroxylation is 1. The van der Waals surface area contributed by atoms with Gasteiger partial charge in [0.25, 0.3) is 5.91 Å². The Morgan fingerprint density at radius 2 is 2.19 bits per heavy atom. The average molecular weight is 348 g/mol. The molecule has 1 aliphatic heterocycles. The summed E-state index contributed by atoms with van der Waals surface area (Å²) in [5.41, 5.74) is 1.93. The zero-order valence-electron chi connectivity index (χ0n) is 12.0. The van der Waals surface area contributed by atoms with Gasteiger partial charge in [-0.05, 0) is 59.5 Å². The van der Waals surface area contributed by atoms with Crippen molar-refractivity contribution in [3.05, 3.63) is 52.5 Å². The molecule has 0 spiro atoms. The highest BCUT2D eigenvalue weighted by Gasteiger charge is 2.31. The molecule has 1 unspecified atom stereocenters. The summed E-state index contributed by atoms with van der Waals surface area (Å²) in [6.45, 7) is 3.66. The normalized spacial score (nSPS) is 18.2. The predicted molar refractivity (Wildman–Crippen MR) is 85.1 cm³/mol. The number of pyridine rings is 1. The molecule has 0 aliphatic carbocycles. The van der Waals surface area contributed by atoms with Gasteiger partial charge in [-0.2, -0.15) is 0 Å². The number of hydrogen-bond acceptors (Lipinski definition) is 2. The molecule has 1 amide bonds. The highest BCUT2D eigenvalue weighted by Crippen LogP contribution is 2.33. The summed E-state index contributed by atoms with van der Waals surface area (Å²) in [6.07, 6.45) is 7.62. The Morgan fingerprint density at radius 1 is 1.43 bits per heavy atom. The van der Waals surface area contributed by atoms with Crippen LogP contribution < -0.4 is 0 Å². The quantitative estimate of drug-likeness (QED) is 0.849. The summed E-state index contributed by atoms with van der Waals surface area (Å²) in [4.78, 5) is 18.9. The van der Waals surface area contributed by atoms with Crippen LogP contribution in [0.3, 0.4) is 0 Å². The molecule has 1 fully saturated rings. The molecular weight excluding hydrogens is 330 g/mol. The number of amides is 1. The zero-order valence-corrected chi connectivity index (χ0v) is 13.6. The van der Waals surface area contributed by atoms with Gasteiger partial charge in [-0.3, -0.25) is 9.78 Å². The Kier molecular flexibility index (Phi) is 4.10. The summed E-state index contributed by atoms with van der Waals surface area (Å²) in [7, 11) is 0. The molecule has 0 aromatic carbocycles. The van der Waals surface area contributed by atoms with Crippen molar-refractivity contribution in [1.82, 2.24) is 14.5 Å². The van der Waals surface area contributed by atoms with E-state index >= 15 is 0 Å². The summed E-state index contributed by atoms with van der Waals surface area (Å²) in [5.74, 6) is 0.113. The number of halogens is 1. The van der Waals surface area contributed by atoms with Crippen LogP contribution >= 0.6 is 15.9 Å². The second-order valence-corrected chi connectivity index (χ2v) is 6.18. The first-order valence-electron chi connectivity index (χ1n) is 7.27. The number of hydrogen-bond donors (Lipinski definition) is 0. The van der Waals surface area contributed by atoms with Crippen LogP contribution in [0.1, 0.15) is 41.9 Å². The molecule has 0 radical (unpaired) electrons. The van der Waals surface area contributed by atoms with Crippen LogP contribution in [0.25, 0.3) is 0 Å². The number of rotatable bonds is 3. The standard InChI is InChI=1S/C16H18BrN3O/c1-2-19-11-13(17)10-15(19)16(21)20-9-3-4-14(20)12-5-7-18-8-6-12/h5-8,10-11,14H,2-4,9H2,1H3. The van der Waals surface area contributed by atoms with Crippen molar-refractivity contribution in [3.8, 4) is 0 Å². The zero-order chi connectivity index (χ0) is 14.8. The van der Waals surface area contributed by atoms with Crippen molar-refractivity contribution in [2.24, 2.45) is 0 Å². The average Bonchev–Trinajstić information content (AvgIpc) is 3.13. The lowest BCUT2D eigenvalue weighted by Gasteiger charge is -2.25. The van der Waals surface area contributed by atoms with Gasteiger partial charge in [0.05, 0.1) is 6.04 Å². The highest BCUT2D eigenvalue weighted by molar-refractivity contribution is 9.10. The molecule has 1 atom stereocenters. The topological polar surface area (TPSA) is 38.1 Å². The maximum Gasteiger partial charge on any atom is 0.271 e. The van der Waals surface area contributed by atoms with E-state index in [0.717, 1.165) is 36.1 Å². The Balaban J connectivity index is 1.90. The van der Waals surface area contributed by atoms with E-state index in [1.165, 1.54) is 5.56 Å². The van der Waals surface area contributed by atoms with E-state index < -0.39 is 0 Å². The fourth-order valence-corrected chi connectivity index (χ4v) is 3.47. The third kappa shape index (κ3) is 2.75. The number of carbonyl (C=O) groups is 1. The summed E-state index contributed by atoms with van der Waals surface area (Å²) >= 11 is 3.46. The van der Waals surface area contributed by atoms with E-state index in [-0.39, 0.29) is 11.9 Å². The van der Waals surface area contributed by atoms with Gasteiger partial charge in [0, 0.05) is 36.2 Å². The molecule has 21 heavy (non-hydrogen) atoms. The minimum absolute atomic E-state index is 0.113. The number of nitrogens with zero attached hydrogens (tertiary/aromatic N) is 3. The van der Waals surface area contributed by atoms with Crippen molar-refractivity contribution in [2.45, 2.75) is 32.4 Å². The molecular formula is C16H18BrN3O. The van der Waals surface area contributed by atoms with Crippen molar-refractivity contribution in [2.75, 3.05) is 6.54 Å². The first-order chi connectivity index (χ1) is 10.2. The van der Waals surface area contributed by atoms with Crippen LogP contribution in [-0.4, -0.2) is 26.9 Å². The fourth-order valence-electron chi connectivity index (χ4n) is 3.00.